The molecule has 1 fully saturated rings. The van der Waals surface area contributed by atoms with Gasteiger partial charge in [-0.15, -0.1) is 0 Å². The van der Waals surface area contributed by atoms with E-state index in [1.165, 1.54) is 6.42 Å². The third kappa shape index (κ3) is 2.78. The first-order chi connectivity index (χ1) is 8.72. The van der Waals surface area contributed by atoms with Crippen LogP contribution in [0.25, 0.3) is 0 Å². The van der Waals surface area contributed by atoms with Crippen molar-refractivity contribution >= 4 is 11.6 Å². The molecule has 0 radical (unpaired) electrons. The first-order valence-corrected chi connectivity index (χ1v) is 6.45. The Bertz CT molecular complexity index is 428. The highest BCUT2D eigenvalue weighted by molar-refractivity contribution is 6.44. The summed E-state index contributed by atoms with van der Waals surface area (Å²) in [5, 5.41) is 0. The van der Waals surface area contributed by atoms with E-state index in [0.29, 0.717) is 11.3 Å². The Morgan fingerprint density at radius 3 is 2.22 bits per heavy atom. The van der Waals surface area contributed by atoms with Crippen molar-refractivity contribution in [3.05, 3.63) is 29.8 Å². The van der Waals surface area contributed by atoms with Crippen molar-refractivity contribution in [3.8, 4) is 5.75 Å². The number of Topliss-reactive ketones (excluding diaryl/α,β-unsaturated/α-hetero) is 2. The molecule has 18 heavy (non-hydrogen) atoms. The van der Waals surface area contributed by atoms with Gasteiger partial charge in [-0.25, -0.2) is 0 Å². The highest BCUT2D eigenvalue weighted by atomic mass is 16.5. The number of rotatable bonds is 4. The number of ether oxygens (including phenoxy) is 1. The van der Waals surface area contributed by atoms with Crippen LogP contribution < -0.4 is 4.74 Å². The predicted molar refractivity (Wildman–Crippen MR) is 68.9 cm³/mol. The van der Waals surface area contributed by atoms with Gasteiger partial charge in [0.05, 0.1) is 7.11 Å². The second-order valence-electron chi connectivity index (χ2n) is 4.76. The van der Waals surface area contributed by atoms with Crippen molar-refractivity contribution in [2.45, 2.75) is 32.1 Å². The molecule has 0 atom stereocenters. The Labute approximate surface area is 107 Å². The second-order valence-corrected chi connectivity index (χ2v) is 4.76. The van der Waals surface area contributed by atoms with E-state index in [4.69, 9.17) is 4.74 Å². The van der Waals surface area contributed by atoms with Crippen molar-refractivity contribution in [2.75, 3.05) is 7.11 Å². The van der Waals surface area contributed by atoms with Gasteiger partial charge in [-0.1, -0.05) is 19.3 Å². The van der Waals surface area contributed by atoms with E-state index >= 15 is 0 Å². The van der Waals surface area contributed by atoms with Crippen LogP contribution in [0.2, 0.25) is 0 Å². The Morgan fingerprint density at radius 2 is 1.67 bits per heavy atom. The molecule has 0 spiro atoms. The van der Waals surface area contributed by atoms with Crippen molar-refractivity contribution in [3.63, 3.8) is 0 Å². The van der Waals surface area contributed by atoms with Crippen molar-refractivity contribution < 1.29 is 14.3 Å². The molecule has 1 aliphatic carbocycles. The van der Waals surface area contributed by atoms with Gasteiger partial charge in [0.2, 0.25) is 11.6 Å². The summed E-state index contributed by atoms with van der Waals surface area (Å²) in [7, 11) is 1.57. The number of carbonyl (C=O) groups excluding carboxylic acids is 2. The molecule has 96 valence electrons. The molecule has 0 aromatic heterocycles. The molecule has 1 saturated carbocycles. The van der Waals surface area contributed by atoms with Crippen molar-refractivity contribution in [2.24, 2.45) is 5.92 Å². The van der Waals surface area contributed by atoms with E-state index in [2.05, 4.69) is 0 Å². The van der Waals surface area contributed by atoms with Crippen LogP contribution in [-0.4, -0.2) is 18.7 Å². The van der Waals surface area contributed by atoms with E-state index in [-0.39, 0.29) is 17.5 Å². The van der Waals surface area contributed by atoms with Gasteiger partial charge in [0.15, 0.2) is 0 Å². The molecule has 0 N–H and O–H groups in total. The molecule has 3 nitrogen and oxygen atoms in total. The Morgan fingerprint density at radius 1 is 1.06 bits per heavy atom. The van der Waals surface area contributed by atoms with Crippen LogP contribution in [0.15, 0.2) is 24.3 Å². The Balaban J connectivity index is 2.07. The van der Waals surface area contributed by atoms with E-state index in [1.54, 1.807) is 31.4 Å². The number of benzene rings is 1. The van der Waals surface area contributed by atoms with Gasteiger partial charge in [0, 0.05) is 11.5 Å². The third-order valence-electron chi connectivity index (χ3n) is 3.55. The van der Waals surface area contributed by atoms with Crippen LogP contribution in [0, 0.1) is 5.92 Å². The van der Waals surface area contributed by atoms with Gasteiger partial charge < -0.3 is 4.74 Å². The maximum Gasteiger partial charge on any atom is 0.228 e. The Kier molecular flexibility index (Phi) is 4.13. The van der Waals surface area contributed by atoms with Gasteiger partial charge in [-0.2, -0.15) is 0 Å². The minimum absolute atomic E-state index is 0.0617. The average Bonchev–Trinajstić information content (AvgIpc) is 2.47. The summed E-state index contributed by atoms with van der Waals surface area (Å²) in [6.45, 7) is 0. The van der Waals surface area contributed by atoms with Crippen LogP contribution in [0.4, 0.5) is 0 Å². The lowest BCUT2D eigenvalue weighted by Crippen LogP contribution is -2.25. The molecule has 0 bridgehead atoms. The van der Waals surface area contributed by atoms with Crippen LogP contribution in [0.5, 0.6) is 5.75 Å². The maximum atomic E-state index is 12.1. The van der Waals surface area contributed by atoms with Crippen LogP contribution in [-0.2, 0) is 4.79 Å². The fourth-order valence-electron chi connectivity index (χ4n) is 2.43. The summed E-state index contributed by atoms with van der Waals surface area (Å²) in [5.41, 5.74) is 0.464. The summed E-state index contributed by atoms with van der Waals surface area (Å²) in [5.74, 6) is 0.0504. The van der Waals surface area contributed by atoms with Gasteiger partial charge in [0.25, 0.3) is 0 Å². The number of carbonyl (C=O) groups is 2. The molecule has 0 aliphatic heterocycles. The summed E-state index contributed by atoms with van der Waals surface area (Å²) in [6, 6.07) is 6.73. The first kappa shape index (κ1) is 12.8. The van der Waals surface area contributed by atoms with E-state index in [1.807, 2.05) is 0 Å². The lowest BCUT2D eigenvalue weighted by Gasteiger charge is -2.19. The molecule has 0 unspecified atom stereocenters. The van der Waals surface area contributed by atoms with E-state index in [9.17, 15) is 9.59 Å². The highest BCUT2D eigenvalue weighted by Crippen LogP contribution is 2.25. The first-order valence-electron chi connectivity index (χ1n) is 6.45. The lowest BCUT2D eigenvalue weighted by atomic mass is 9.84. The smallest absolute Gasteiger partial charge is 0.228 e. The quantitative estimate of drug-likeness (QED) is 0.606. The molecule has 2 rings (SSSR count). The van der Waals surface area contributed by atoms with E-state index < -0.39 is 0 Å². The maximum absolute atomic E-state index is 12.1. The topological polar surface area (TPSA) is 43.4 Å². The SMILES string of the molecule is COc1ccc(C(=O)C(=O)C2CCCCC2)cc1. The number of ketones is 2. The zero-order valence-corrected chi connectivity index (χ0v) is 10.6. The van der Waals surface area contributed by atoms with Crippen LogP contribution in [0.1, 0.15) is 42.5 Å². The number of methoxy groups -OCH3 is 1. The summed E-state index contributed by atoms with van der Waals surface area (Å²) in [6.07, 6.45) is 5.03. The Hall–Kier alpha value is -1.64. The zero-order valence-electron chi connectivity index (χ0n) is 10.6. The molecule has 1 aliphatic rings. The largest absolute Gasteiger partial charge is 0.497 e. The molecule has 0 saturated heterocycles. The summed E-state index contributed by atoms with van der Waals surface area (Å²) in [4.78, 5) is 24.1. The van der Waals surface area contributed by atoms with Gasteiger partial charge in [-0.05, 0) is 37.1 Å². The van der Waals surface area contributed by atoms with Gasteiger partial charge in [0.1, 0.15) is 5.75 Å². The fraction of sp³-hybridized carbons (Fsp3) is 0.467. The lowest BCUT2D eigenvalue weighted by molar-refractivity contribution is -0.119. The molecule has 3 heteroatoms. The molecule has 0 amide bonds. The standard InChI is InChI=1S/C15H18O3/c1-18-13-9-7-12(8-10-13)15(17)14(16)11-5-3-2-4-6-11/h7-11H,2-6H2,1H3. The molecular weight excluding hydrogens is 228 g/mol. The third-order valence-corrected chi connectivity index (χ3v) is 3.55. The molecule has 1 aromatic rings. The van der Waals surface area contributed by atoms with E-state index in [0.717, 1.165) is 25.7 Å². The summed E-state index contributed by atoms with van der Waals surface area (Å²) < 4.78 is 5.03. The normalized spacial score (nSPS) is 16.3. The highest BCUT2D eigenvalue weighted by Gasteiger charge is 2.27. The predicted octanol–water partition coefficient (Wildman–Crippen LogP) is 3.03. The van der Waals surface area contributed by atoms with Crippen LogP contribution in [0.3, 0.4) is 0 Å². The molecule has 0 heterocycles. The fourth-order valence-corrected chi connectivity index (χ4v) is 2.43. The minimum atomic E-state index is -0.357. The number of hydrogen-bond acceptors (Lipinski definition) is 3. The second kappa shape index (κ2) is 5.80. The minimum Gasteiger partial charge on any atom is -0.497 e. The summed E-state index contributed by atoms with van der Waals surface area (Å²) >= 11 is 0. The van der Waals surface area contributed by atoms with Gasteiger partial charge in [-0.3, -0.25) is 9.59 Å². The van der Waals surface area contributed by atoms with Crippen molar-refractivity contribution in [1.29, 1.82) is 0 Å². The van der Waals surface area contributed by atoms with Gasteiger partial charge >= 0.3 is 0 Å². The van der Waals surface area contributed by atoms with Crippen LogP contribution >= 0.6 is 0 Å². The molecule has 1 aromatic carbocycles. The molecular formula is C15H18O3. The average molecular weight is 246 g/mol. The zero-order chi connectivity index (χ0) is 13.0. The van der Waals surface area contributed by atoms with Crippen molar-refractivity contribution in [1.82, 2.24) is 0 Å². The monoisotopic (exact) mass is 246 g/mol. The number of hydrogen-bond donors (Lipinski definition) is 0.